The first-order chi connectivity index (χ1) is 41.0. The fraction of sp³-hybridized carbons (Fsp3) is 0.701. The molecular weight excluding hydrogens is 1020 g/mol. The van der Waals surface area contributed by atoms with Crippen molar-refractivity contribution in [3.8, 4) is 0 Å². The van der Waals surface area contributed by atoms with E-state index in [-0.39, 0.29) is 31.1 Å². The normalized spacial score (nSPS) is 12.9. The Bertz CT molecular complexity index is 1700. The van der Waals surface area contributed by atoms with E-state index in [2.05, 4.69) is 142 Å². The van der Waals surface area contributed by atoms with Crippen LogP contribution in [-0.2, 0) is 28.6 Å². The molecule has 0 spiro atoms. The van der Waals surface area contributed by atoms with Crippen LogP contribution in [-0.4, -0.2) is 37.2 Å². The molecule has 0 bridgehead atoms. The van der Waals surface area contributed by atoms with Crippen molar-refractivity contribution in [1.82, 2.24) is 0 Å². The molecule has 0 aliphatic rings. The van der Waals surface area contributed by atoms with Crippen molar-refractivity contribution in [2.45, 2.75) is 335 Å². The zero-order valence-corrected chi connectivity index (χ0v) is 54.4. The van der Waals surface area contributed by atoms with Crippen LogP contribution >= 0.6 is 0 Å². The molecule has 0 aromatic carbocycles. The van der Waals surface area contributed by atoms with Crippen LogP contribution in [0.15, 0.2) is 122 Å². The molecule has 1 unspecified atom stereocenters. The zero-order valence-electron chi connectivity index (χ0n) is 54.4. The first-order valence-electron chi connectivity index (χ1n) is 35.0. The Morgan fingerprint density at radius 1 is 0.253 bits per heavy atom. The van der Waals surface area contributed by atoms with Gasteiger partial charge in [0.05, 0.1) is 0 Å². The van der Waals surface area contributed by atoms with Crippen molar-refractivity contribution < 1.29 is 28.6 Å². The molecule has 0 heterocycles. The lowest BCUT2D eigenvalue weighted by atomic mass is 10.1. The third kappa shape index (κ3) is 68.5. The minimum absolute atomic E-state index is 0.0854. The van der Waals surface area contributed by atoms with E-state index < -0.39 is 6.10 Å². The molecular formula is C77H130O6. The molecule has 0 radical (unpaired) electrons. The first kappa shape index (κ1) is 78.8. The van der Waals surface area contributed by atoms with E-state index in [9.17, 15) is 14.4 Å². The minimum Gasteiger partial charge on any atom is -0.462 e. The predicted octanol–water partition coefficient (Wildman–Crippen LogP) is 24.3. The molecule has 1 atom stereocenters. The summed E-state index contributed by atoms with van der Waals surface area (Å²) in [6, 6.07) is 0. The Labute approximate surface area is 513 Å². The third-order valence-corrected chi connectivity index (χ3v) is 14.9. The van der Waals surface area contributed by atoms with Gasteiger partial charge in [-0.25, -0.2) is 0 Å². The average Bonchev–Trinajstić information content (AvgIpc) is 3.49. The van der Waals surface area contributed by atoms with Gasteiger partial charge in [-0.15, -0.1) is 0 Å². The van der Waals surface area contributed by atoms with Gasteiger partial charge in [-0.1, -0.05) is 296 Å². The Balaban J connectivity index is 4.34. The van der Waals surface area contributed by atoms with Gasteiger partial charge in [0.1, 0.15) is 13.2 Å². The quantitative estimate of drug-likeness (QED) is 0.0261. The van der Waals surface area contributed by atoms with Crippen LogP contribution in [0.5, 0.6) is 0 Å². The number of carbonyl (C=O) groups is 3. The highest BCUT2D eigenvalue weighted by atomic mass is 16.6. The second-order valence-electron chi connectivity index (χ2n) is 23.1. The van der Waals surface area contributed by atoms with Crippen molar-refractivity contribution in [1.29, 1.82) is 0 Å². The van der Waals surface area contributed by atoms with Gasteiger partial charge in [0, 0.05) is 19.3 Å². The Kier molecular flexibility index (Phi) is 66.7. The van der Waals surface area contributed by atoms with E-state index in [1.54, 1.807) is 0 Å². The second kappa shape index (κ2) is 70.3. The van der Waals surface area contributed by atoms with E-state index in [1.807, 2.05) is 0 Å². The summed E-state index contributed by atoms with van der Waals surface area (Å²) in [6.07, 6.45) is 97.8. The van der Waals surface area contributed by atoms with Crippen molar-refractivity contribution in [2.75, 3.05) is 13.2 Å². The van der Waals surface area contributed by atoms with Crippen molar-refractivity contribution >= 4 is 17.9 Å². The maximum absolute atomic E-state index is 12.9. The number of allylic oxidation sites excluding steroid dienone is 20. The molecule has 474 valence electrons. The summed E-state index contributed by atoms with van der Waals surface area (Å²) in [4.78, 5) is 38.4. The lowest BCUT2D eigenvalue weighted by Crippen LogP contribution is -2.30. The van der Waals surface area contributed by atoms with Gasteiger partial charge in [-0.3, -0.25) is 14.4 Å². The Morgan fingerprint density at radius 2 is 0.470 bits per heavy atom. The smallest absolute Gasteiger partial charge is 0.306 e. The molecule has 0 aliphatic carbocycles. The maximum atomic E-state index is 12.9. The summed E-state index contributed by atoms with van der Waals surface area (Å²) in [6.45, 7) is 6.51. The standard InChI is InChI=1S/C77H130O6/c1-4-7-10-13-16-19-22-25-28-31-32-33-34-35-36-37-38-39-40-41-42-43-44-47-49-52-55-58-61-64-67-70-76(79)82-73-74(83-77(80)71-68-65-62-59-56-53-50-46-30-27-24-21-18-15-12-9-6-3)72-81-75(78)69-66-63-60-57-54-51-48-45-29-26-23-20-17-14-11-8-5-2/h7,10,16,18-19,21,25-30,32-33,35-36,38-39,41-42,74H,4-6,8-9,11-15,17,20,22-24,31,34,37,40,43-73H2,1-3H3/b10-7-,19-16-,21-18-,28-25-,29-26-,30-27-,33-32-,36-35-,39-38-,42-41-. The topological polar surface area (TPSA) is 78.9 Å². The fourth-order valence-corrected chi connectivity index (χ4v) is 9.68. The molecule has 0 rings (SSSR count). The largest absolute Gasteiger partial charge is 0.462 e. The second-order valence-corrected chi connectivity index (χ2v) is 23.1. The molecule has 0 aromatic heterocycles. The van der Waals surface area contributed by atoms with E-state index in [0.717, 1.165) is 122 Å². The number of unbranched alkanes of at least 4 members (excludes halogenated alkanes) is 32. The lowest BCUT2D eigenvalue weighted by molar-refractivity contribution is -0.167. The van der Waals surface area contributed by atoms with Crippen molar-refractivity contribution in [2.24, 2.45) is 0 Å². The third-order valence-electron chi connectivity index (χ3n) is 14.9. The van der Waals surface area contributed by atoms with Crippen molar-refractivity contribution in [3.63, 3.8) is 0 Å². The Hall–Kier alpha value is -4.19. The van der Waals surface area contributed by atoms with Crippen LogP contribution in [0.25, 0.3) is 0 Å². The number of ether oxygens (including phenoxy) is 3. The van der Waals surface area contributed by atoms with E-state index in [1.165, 1.54) is 167 Å². The summed E-state index contributed by atoms with van der Waals surface area (Å²) in [5.74, 6) is -0.893. The molecule has 0 fully saturated rings. The summed E-state index contributed by atoms with van der Waals surface area (Å²) < 4.78 is 17.0. The number of rotatable bonds is 63. The van der Waals surface area contributed by atoms with E-state index in [4.69, 9.17) is 14.2 Å². The van der Waals surface area contributed by atoms with Gasteiger partial charge >= 0.3 is 17.9 Å². The monoisotopic (exact) mass is 1150 g/mol. The highest BCUT2D eigenvalue weighted by Crippen LogP contribution is 2.16. The van der Waals surface area contributed by atoms with E-state index >= 15 is 0 Å². The fourth-order valence-electron chi connectivity index (χ4n) is 9.68. The van der Waals surface area contributed by atoms with Crippen molar-refractivity contribution in [3.05, 3.63) is 122 Å². The van der Waals surface area contributed by atoms with Crippen LogP contribution in [0, 0.1) is 0 Å². The average molecular weight is 1150 g/mol. The van der Waals surface area contributed by atoms with Crippen LogP contribution < -0.4 is 0 Å². The molecule has 0 aromatic rings. The van der Waals surface area contributed by atoms with Gasteiger partial charge in [0.2, 0.25) is 0 Å². The molecule has 6 heteroatoms. The number of hydrogen-bond acceptors (Lipinski definition) is 6. The minimum atomic E-state index is -0.791. The van der Waals surface area contributed by atoms with Crippen LogP contribution in [0.4, 0.5) is 0 Å². The molecule has 0 amide bonds. The summed E-state index contributed by atoms with van der Waals surface area (Å²) in [5.41, 5.74) is 0. The number of carbonyl (C=O) groups excluding carboxylic acids is 3. The van der Waals surface area contributed by atoms with Gasteiger partial charge in [0.15, 0.2) is 6.10 Å². The molecule has 0 saturated heterocycles. The molecule has 6 nitrogen and oxygen atoms in total. The lowest BCUT2D eigenvalue weighted by Gasteiger charge is -2.18. The Morgan fingerprint density at radius 3 is 0.771 bits per heavy atom. The van der Waals surface area contributed by atoms with Crippen LogP contribution in [0.2, 0.25) is 0 Å². The number of hydrogen-bond donors (Lipinski definition) is 0. The van der Waals surface area contributed by atoms with Gasteiger partial charge < -0.3 is 14.2 Å². The summed E-state index contributed by atoms with van der Waals surface area (Å²) >= 11 is 0. The summed E-state index contributed by atoms with van der Waals surface area (Å²) in [7, 11) is 0. The molecule has 83 heavy (non-hydrogen) atoms. The zero-order chi connectivity index (χ0) is 59.9. The molecule has 0 N–H and O–H groups in total. The van der Waals surface area contributed by atoms with Gasteiger partial charge in [-0.05, 0) is 135 Å². The van der Waals surface area contributed by atoms with Gasteiger partial charge in [-0.2, -0.15) is 0 Å². The highest BCUT2D eigenvalue weighted by molar-refractivity contribution is 5.71. The predicted molar refractivity (Wildman–Crippen MR) is 362 cm³/mol. The summed E-state index contributed by atoms with van der Waals surface area (Å²) in [5, 5.41) is 0. The van der Waals surface area contributed by atoms with E-state index in [0.29, 0.717) is 19.3 Å². The maximum Gasteiger partial charge on any atom is 0.306 e. The van der Waals surface area contributed by atoms with Crippen LogP contribution in [0.3, 0.4) is 0 Å². The first-order valence-corrected chi connectivity index (χ1v) is 35.0. The van der Waals surface area contributed by atoms with Gasteiger partial charge in [0.25, 0.3) is 0 Å². The highest BCUT2D eigenvalue weighted by Gasteiger charge is 2.19. The number of esters is 3. The molecule has 0 saturated carbocycles. The SMILES string of the molecule is CC/C=C\C/C=C\C/C=C\C/C=C\C/C=C\C/C=C\C/C=C\CCCCCCCCCCCC(=O)OCC(COC(=O)CCCCCCCCC/C=C\CCCCCCCC)OC(=O)CCCCCCCCC/C=C\C/C=C\CCCCC. The molecule has 0 aliphatic heterocycles. The van der Waals surface area contributed by atoms with Crippen LogP contribution in [0.1, 0.15) is 329 Å².